The number of rotatable bonds is 19. The normalized spacial score (nSPS) is 13.6. The van der Waals surface area contributed by atoms with E-state index in [1.807, 2.05) is 0 Å². The first-order valence-electron chi connectivity index (χ1n) is 10.7. The van der Waals surface area contributed by atoms with E-state index in [2.05, 4.69) is 16.9 Å². The zero-order valence-corrected chi connectivity index (χ0v) is 17.6. The van der Waals surface area contributed by atoms with Gasteiger partial charge in [-0.25, -0.2) is 19.6 Å². The van der Waals surface area contributed by atoms with Crippen LogP contribution in [0.2, 0.25) is 0 Å². The van der Waals surface area contributed by atoms with E-state index in [1.54, 1.807) is 12.2 Å². The monoisotopic (exact) mass is 412 g/mol. The molecule has 2 N–H and O–H groups in total. The number of carbonyl (C=O) groups is 1. The molecule has 3 atom stereocenters. The fourth-order valence-corrected chi connectivity index (χ4v) is 3.07. The zero-order valence-electron chi connectivity index (χ0n) is 17.6. The van der Waals surface area contributed by atoms with E-state index in [-0.39, 0.29) is 31.1 Å². The Bertz CT molecular complexity index is 515. The molecule has 0 aromatic carbocycles. The molecule has 0 bridgehead atoms. The van der Waals surface area contributed by atoms with E-state index < -0.39 is 12.7 Å². The summed E-state index contributed by atoms with van der Waals surface area (Å²) in [4.78, 5) is 40.7. The number of hydrogen-bond donors (Lipinski definition) is 2. The van der Waals surface area contributed by atoms with Gasteiger partial charge in [0.15, 0.2) is 0 Å². The van der Waals surface area contributed by atoms with E-state index in [9.17, 15) is 14.4 Å². The fraction of sp³-hybridized carbons (Fsp3) is 0.857. The molecule has 0 aromatic rings. The second kappa shape index (κ2) is 19.5. The van der Waals surface area contributed by atoms with Crippen LogP contribution in [0.5, 0.6) is 0 Å². The van der Waals surface area contributed by atoms with Crippen LogP contribution in [0.1, 0.15) is 84.0 Å². The summed E-state index contributed by atoms with van der Waals surface area (Å²) < 4.78 is 4.84. The van der Waals surface area contributed by atoms with Crippen molar-refractivity contribution in [3.63, 3.8) is 0 Å². The SMILES string of the molecule is CCCCCCC(N=C=O)C(CCCCCCCC(=O)OCC(O)CO)N=C=O. The summed E-state index contributed by atoms with van der Waals surface area (Å²) in [6.45, 7) is 1.52. The van der Waals surface area contributed by atoms with E-state index in [4.69, 9.17) is 14.9 Å². The molecule has 3 unspecified atom stereocenters. The van der Waals surface area contributed by atoms with Crippen molar-refractivity contribution < 1.29 is 29.3 Å². The molecular weight excluding hydrogens is 376 g/mol. The topological polar surface area (TPSA) is 126 Å². The average molecular weight is 413 g/mol. The largest absolute Gasteiger partial charge is 0.463 e. The molecule has 0 spiro atoms. The average Bonchev–Trinajstić information content (AvgIpc) is 2.72. The van der Waals surface area contributed by atoms with Crippen molar-refractivity contribution in [3.05, 3.63) is 0 Å². The summed E-state index contributed by atoms with van der Waals surface area (Å²) in [5.74, 6) is -0.379. The molecule has 0 aliphatic heterocycles. The number of carbonyl (C=O) groups excluding carboxylic acids is 3. The first kappa shape index (κ1) is 27.1. The number of hydrogen-bond acceptors (Lipinski definition) is 8. The standard InChI is InChI=1S/C21H36N2O6/c1-2-3-4-8-11-19(22-16-25)20(23-17-26)12-9-6-5-7-10-13-21(28)29-15-18(27)14-24/h18-20,24,27H,2-15H2,1H3. The Morgan fingerprint density at radius 2 is 1.41 bits per heavy atom. The van der Waals surface area contributed by atoms with Crippen molar-refractivity contribution in [3.8, 4) is 0 Å². The van der Waals surface area contributed by atoms with E-state index in [0.29, 0.717) is 12.8 Å². The predicted octanol–water partition coefficient (Wildman–Crippen LogP) is 2.99. The molecule has 0 aliphatic carbocycles. The van der Waals surface area contributed by atoms with Crippen molar-refractivity contribution in [1.82, 2.24) is 0 Å². The summed E-state index contributed by atoms with van der Waals surface area (Å²) >= 11 is 0. The minimum Gasteiger partial charge on any atom is -0.463 e. The van der Waals surface area contributed by atoms with Gasteiger partial charge in [-0.3, -0.25) is 4.79 Å². The molecule has 0 saturated heterocycles. The van der Waals surface area contributed by atoms with Gasteiger partial charge in [0.05, 0.1) is 18.7 Å². The summed E-state index contributed by atoms with van der Waals surface area (Å²) in [7, 11) is 0. The lowest BCUT2D eigenvalue weighted by molar-refractivity contribution is -0.147. The number of esters is 1. The van der Waals surface area contributed by atoms with Crippen LogP contribution in [0.25, 0.3) is 0 Å². The van der Waals surface area contributed by atoms with Gasteiger partial charge in [-0.1, -0.05) is 58.3 Å². The molecule has 0 fully saturated rings. The molecule has 0 amide bonds. The molecule has 29 heavy (non-hydrogen) atoms. The van der Waals surface area contributed by atoms with Gasteiger partial charge in [-0.2, -0.15) is 0 Å². The molecule has 0 aromatic heterocycles. The third kappa shape index (κ3) is 15.7. The quantitative estimate of drug-likeness (QED) is 0.145. The number of aliphatic hydroxyl groups is 2. The zero-order chi connectivity index (χ0) is 21.7. The highest BCUT2D eigenvalue weighted by Crippen LogP contribution is 2.19. The lowest BCUT2D eigenvalue weighted by Gasteiger charge is -2.18. The Kier molecular flexibility index (Phi) is 18.2. The Morgan fingerprint density at radius 1 is 0.897 bits per heavy atom. The molecular formula is C21H36N2O6. The van der Waals surface area contributed by atoms with E-state index in [0.717, 1.165) is 57.8 Å². The Labute approximate surface area is 173 Å². The third-order valence-corrected chi connectivity index (χ3v) is 4.76. The lowest BCUT2D eigenvalue weighted by Crippen LogP contribution is -2.23. The summed E-state index contributed by atoms with van der Waals surface area (Å²) in [5, 5.41) is 17.8. The highest BCUT2D eigenvalue weighted by Gasteiger charge is 2.20. The molecule has 8 nitrogen and oxygen atoms in total. The molecule has 0 rings (SSSR count). The Morgan fingerprint density at radius 3 is 1.93 bits per heavy atom. The van der Waals surface area contributed by atoms with Gasteiger partial charge in [0.1, 0.15) is 12.7 Å². The van der Waals surface area contributed by atoms with Crippen LogP contribution in [0, 0.1) is 0 Å². The molecule has 0 saturated carbocycles. The lowest BCUT2D eigenvalue weighted by atomic mass is 9.96. The summed E-state index contributed by atoms with van der Waals surface area (Å²) in [5.41, 5.74) is 0. The smallest absolute Gasteiger partial charge is 0.305 e. The van der Waals surface area contributed by atoms with Gasteiger partial charge in [0.2, 0.25) is 12.2 Å². The van der Waals surface area contributed by atoms with Crippen LogP contribution in [0.3, 0.4) is 0 Å². The molecule has 0 aliphatic rings. The summed E-state index contributed by atoms with van der Waals surface area (Å²) in [6, 6.07) is -0.640. The van der Waals surface area contributed by atoms with Gasteiger partial charge >= 0.3 is 5.97 Å². The maximum Gasteiger partial charge on any atom is 0.305 e. The number of unbranched alkanes of at least 4 members (excludes halogenated alkanes) is 7. The maximum atomic E-state index is 11.5. The number of aliphatic hydroxyl groups excluding tert-OH is 2. The van der Waals surface area contributed by atoms with Crippen LogP contribution in [-0.2, 0) is 19.1 Å². The highest BCUT2D eigenvalue weighted by molar-refractivity contribution is 5.69. The van der Waals surface area contributed by atoms with E-state index in [1.165, 1.54) is 0 Å². The number of nitrogens with zero attached hydrogens (tertiary/aromatic N) is 2. The molecule has 0 heterocycles. The van der Waals surface area contributed by atoms with Crippen molar-refractivity contribution >= 4 is 18.1 Å². The highest BCUT2D eigenvalue weighted by atomic mass is 16.5. The van der Waals surface area contributed by atoms with Gasteiger partial charge in [-0.05, 0) is 19.3 Å². The molecule has 166 valence electrons. The van der Waals surface area contributed by atoms with Crippen LogP contribution in [-0.4, -0.2) is 59.7 Å². The van der Waals surface area contributed by atoms with Crippen LogP contribution >= 0.6 is 0 Å². The minimum absolute atomic E-state index is 0.184. The van der Waals surface area contributed by atoms with Crippen molar-refractivity contribution in [2.24, 2.45) is 9.98 Å². The van der Waals surface area contributed by atoms with Crippen LogP contribution in [0.4, 0.5) is 0 Å². The predicted molar refractivity (Wildman–Crippen MR) is 109 cm³/mol. The van der Waals surface area contributed by atoms with Crippen LogP contribution < -0.4 is 0 Å². The first-order chi connectivity index (χ1) is 14.1. The minimum atomic E-state index is -1.03. The number of aliphatic imine (C=N–C) groups is 2. The second-order valence-corrected chi connectivity index (χ2v) is 7.25. The van der Waals surface area contributed by atoms with Gasteiger partial charge < -0.3 is 14.9 Å². The van der Waals surface area contributed by atoms with Crippen molar-refractivity contribution in [2.75, 3.05) is 13.2 Å². The molecule has 8 heteroatoms. The second-order valence-electron chi connectivity index (χ2n) is 7.25. The number of isocyanates is 2. The van der Waals surface area contributed by atoms with Gasteiger partial charge in [0, 0.05) is 6.42 Å². The number of ether oxygens (including phenoxy) is 1. The van der Waals surface area contributed by atoms with Gasteiger partial charge in [-0.15, -0.1) is 0 Å². The maximum absolute atomic E-state index is 11.5. The van der Waals surface area contributed by atoms with Crippen LogP contribution in [0.15, 0.2) is 9.98 Å². The van der Waals surface area contributed by atoms with Crippen molar-refractivity contribution in [1.29, 1.82) is 0 Å². The first-order valence-corrected chi connectivity index (χ1v) is 10.7. The van der Waals surface area contributed by atoms with Crippen molar-refractivity contribution in [2.45, 2.75) is 102 Å². The Balaban J connectivity index is 4.06. The fourth-order valence-electron chi connectivity index (χ4n) is 3.07. The van der Waals surface area contributed by atoms with E-state index >= 15 is 0 Å². The third-order valence-electron chi connectivity index (χ3n) is 4.76. The molecule has 0 radical (unpaired) electrons. The summed E-state index contributed by atoms with van der Waals surface area (Å²) in [6.07, 6.45) is 12.4. The van der Waals surface area contributed by atoms with Gasteiger partial charge in [0.25, 0.3) is 0 Å². The Hall–Kier alpha value is -1.85.